The van der Waals surface area contributed by atoms with Gasteiger partial charge < -0.3 is 0 Å². The average Bonchev–Trinajstić information content (AvgIpc) is 2.78. The molecule has 6 nitrogen and oxygen atoms in total. The molecule has 31 heavy (non-hydrogen) atoms. The molecule has 0 radical (unpaired) electrons. The lowest BCUT2D eigenvalue weighted by molar-refractivity contribution is 0.0939. The molecule has 154 valence electrons. The van der Waals surface area contributed by atoms with Gasteiger partial charge in [-0.1, -0.05) is 71.7 Å². The van der Waals surface area contributed by atoms with E-state index in [-0.39, 0.29) is 17.9 Å². The van der Waals surface area contributed by atoms with Crippen molar-refractivity contribution in [2.24, 2.45) is 5.10 Å². The van der Waals surface area contributed by atoms with E-state index in [1.807, 2.05) is 30.3 Å². The lowest BCUT2D eigenvalue weighted by atomic mass is 10.2. The van der Waals surface area contributed by atoms with Crippen LogP contribution in [0, 0.1) is 0 Å². The number of aromatic nitrogens is 2. The number of hydrogen-bond donors (Lipinski definition) is 1. The number of nitrogens with zero attached hydrogens (tertiary/aromatic N) is 3. The number of nitrogens with one attached hydrogen (secondary N) is 1. The van der Waals surface area contributed by atoms with Gasteiger partial charge in [0.1, 0.15) is 0 Å². The molecule has 1 aromatic heterocycles. The molecule has 8 heteroatoms. The maximum atomic E-state index is 13.1. The maximum Gasteiger partial charge on any atom is 0.307 e. The van der Waals surface area contributed by atoms with Crippen molar-refractivity contribution in [1.82, 2.24) is 15.0 Å². The van der Waals surface area contributed by atoms with Crippen LogP contribution in [0.5, 0.6) is 0 Å². The van der Waals surface area contributed by atoms with Gasteiger partial charge in [0.2, 0.25) is 5.82 Å². The molecule has 0 saturated heterocycles. The molecule has 0 unspecified atom stereocenters. The minimum atomic E-state index is -0.627. The fraction of sp³-hybridized carbons (Fsp3) is 0.0435. The lowest BCUT2D eigenvalue weighted by Crippen LogP contribution is -2.32. The number of hydrazone groups is 1. The van der Waals surface area contributed by atoms with Crippen molar-refractivity contribution in [2.45, 2.75) is 6.54 Å². The predicted molar refractivity (Wildman–Crippen MR) is 123 cm³/mol. The molecule has 0 saturated carbocycles. The molecular weight excluding hydrogens is 435 g/mol. The Morgan fingerprint density at radius 3 is 2.39 bits per heavy atom. The summed E-state index contributed by atoms with van der Waals surface area (Å²) in [5.41, 5.74) is 3.87. The summed E-state index contributed by atoms with van der Waals surface area (Å²) in [5.74, 6) is -0.673. The quantitative estimate of drug-likeness (QED) is 0.358. The second-order valence-corrected chi connectivity index (χ2v) is 7.48. The number of rotatable bonds is 5. The van der Waals surface area contributed by atoms with Crippen molar-refractivity contribution < 1.29 is 4.79 Å². The molecule has 0 aliphatic carbocycles. The number of carbonyl (C=O) groups excluding carboxylic acids is 1. The Hall–Kier alpha value is -3.48. The van der Waals surface area contributed by atoms with Crippen molar-refractivity contribution in [3.8, 4) is 0 Å². The molecule has 0 atom stereocenters. The maximum absolute atomic E-state index is 13.1. The van der Waals surface area contributed by atoms with Gasteiger partial charge in [0.15, 0.2) is 0 Å². The van der Waals surface area contributed by atoms with Gasteiger partial charge in [-0.2, -0.15) is 5.10 Å². The smallest absolute Gasteiger partial charge is 0.283 e. The third kappa shape index (κ3) is 4.50. The summed E-state index contributed by atoms with van der Waals surface area (Å²) in [6, 6.07) is 21.3. The normalized spacial score (nSPS) is 11.2. The van der Waals surface area contributed by atoms with Crippen LogP contribution in [0.3, 0.4) is 0 Å². The van der Waals surface area contributed by atoms with Gasteiger partial charge >= 0.3 is 5.91 Å². The van der Waals surface area contributed by atoms with E-state index in [0.29, 0.717) is 26.5 Å². The van der Waals surface area contributed by atoms with Crippen molar-refractivity contribution >= 4 is 46.2 Å². The van der Waals surface area contributed by atoms with E-state index in [4.69, 9.17) is 23.2 Å². The zero-order chi connectivity index (χ0) is 21.8. The summed E-state index contributed by atoms with van der Waals surface area (Å²) in [4.78, 5) is 30.4. The summed E-state index contributed by atoms with van der Waals surface area (Å²) < 4.78 is 1.34. The molecule has 0 aliphatic heterocycles. The van der Waals surface area contributed by atoms with Crippen molar-refractivity contribution in [2.75, 3.05) is 0 Å². The molecule has 1 heterocycles. The van der Waals surface area contributed by atoms with Crippen LogP contribution in [0.25, 0.3) is 10.9 Å². The fourth-order valence-electron chi connectivity index (χ4n) is 3.09. The van der Waals surface area contributed by atoms with Crippen molar-refractivity contribution in [3.63, 3.8) is 0 Å². The molecule has 1 N–H and O–H groups in total. The lowest BCUT2D eigenvalue weighted by Gasteiger charge is -2.12. The second kappa shape index (κ2) is 9.12. The van der Waals surface area contributed by atoms with Gasteiger partial charge in [-0.15, -0.1) is 0 Å². The van der Waals surface area contributed by atoms with E-state index >= 15 is 0 Å². The van der Waals surface area contributed by atoms with Crippen LogP contribution >= 0.6 is 23.2 Å². The van der Waals surface area contributed by atoms with Gasteiger partial charge in [0, 0.05) is 5.56 Å². The minimum Gasteiger partial charge on any atom is -0.283 e. The van der Waals surface area contributed by atoms with Gasteiger partial charge in [0.25, 0.3) is 5.56 Å². The van der Waals surface area contributed by atoms with Crippen LogP contribution in [0.1, 0.15) is 21.7 Å². The van der Waals surface area contributed by atoms with Gasteiger partial charge in [-0.3, -0.25) is 14.2 Å². The van der Waals surface area contributed by atoms with Crippen molar-refractivity contribution in [1.29, 1.82) is 0 Å². The van der Waals surface area contributed by atoms with Crippen LogP contribution in [-0.2, 0) is 6.54 Å². The van der Waals surface area contributed by atoms with Crippen molar-refractivity contribution in [3.05, 3.63) is 110 Å². The molecule has 4 aromatic rings. The first-order valence-electron chi connectivity index (χ1n) is 9.35. The number of para-hydroxylation sites is 1. The number of halogens is 2. The van der Waals surface area contributed by atoms with Gasteiger partial charge in [0.05, 0.1) is 33.7 Å². The van der Waals surface area contributed by atoms with E-state index in [9.17, 15) is 9.59 Å². The highest BCUT2D eigenvalue weighted by Gasteiger charge is 2.17. The third-order valence-corrected chi connectivity index (χ3v) is 5.27. The average molecular weight is 451 g/mol. The molecule has 0 fully saturated rings. The summed E-state index contributed by atoms with van der Waals surface area (Å²) in [5, 5.41) is 5.18. The standard InChI is InChI=1S/C23H16Cl2N4O2/c24-18-10-6-11-19(25)17(18)13-26-28-22(30)21-27-20-12-5-4-9-16(20)23(31)29(21)14-15-7-2-1-3-8-15/h1-13H,14H2,(H,28,30)/b26-13-. The van der Waals surface area contributed by atoms with Gasteiger partial charge in [-0.25, -0.2) is 10.4 Å². The first-order valence-corrected chi connectivity index (χ1v) is 10.1. The zero-order valence-electron chi connectivity index (χ0n) is 16.1. The Kier molecular flexibility index (Phi) is 6.11. The Bertz CT molecular complexity index is 1330. The molecule has 3 aromatic carbocycles. The largest absolute Gasteiger partial charge is 0.307 e. The number of carbonyl (C=O) groups is 1. The zero-order valence-corrected chi connectivity index (χ0v) is 17.6. The van der Waals surface area contributed by atoms with Crippen LogP contribution in [0.4, 0.5) is 0 Å². The summed E-state index contributed by atoms with van der Waals surface area (Å²) in [6.07, 6.45) is 1.35. The summed E-state index contributed by atoms with van der Waals surface area (Å²) in [7, 11) is 0. The van der Waals surface area contributed by atoms with E-state index in [1.165, 1.54) is 10.8 Å². The monoisotopic (exact) mass is 450 g/mol. The Morgan fingerprint density at radius 1 is 0.968 bits per heavy atom. The molecule has 1 amide bonds. The van der Waals surface area contributed by atoms with Crippen LogP contribution in [-0.4, -0.2) is 21.7 Å². The Balaban J connectivity index is 1.71. The molecule has 0 spiro atoms. The second-order valence-electron chi connectivity index (χ2n) is 6.66. The van der Waals surface area contributed by atoms with Crippen LogP contribution in [0.15, 0.2) is 82.7 Å². The highest BCUT2D eigenvalue weighted by atomic mass is 35.5. The highest BCUT2D eigenvalue weighted by Crippen LogP contribution is 2.22. The summed E-state index contributed by atoms with van der Waals surface area (Å²) >= 11 is 12.2. The first-order chi connectivity index (χ1) is 15.0. The summed E-state index contributed by atoms with van der Waals surface area (Å²) in [6.45, 7) is 0.195. The van der Waals surface area contributed by atoms with E-state index in [2.05, 4.69) is 15.5 Å². The SMILES string of the molecule is O=C(N/N=C\c1c(Cl)cccc1Cl)c1nc2ccccc2c(=O)n1Cc1ccccc1. The molecule has 4 rings (SSSR count). The third-order valence-electron chi connectivity index (χ3n) is 4.61. The molecule has 0 bridgehead atoms. The Morgan fingerprint density at radius 2 is 1.65 bits per heavy atom. The topological polar surface area (TPSA) is 76.3 Å². The van der Waals surface area contributed by atoms with E-state index < -0.39 is 5.91 Å². The highest BCUT2D eigenvalue weighted by molar-refractivity contribution is 6.38. The number of fused-ring (bicyclic) bond motifs is 1. The molecule has 0 aliphatic rings. The number of hydrogen-bond acceptors (Lipinski definition) is 4. The van der Waals surface area contributed by atoms with Crippen LogP contribution in [0.2, 0.25) is 10.0 Å². The van der Waals surface area contributed by atoms with E-state index in [0.717, 1.165) is 5.56 Å². The first kappa shape index (κ1) is 20.8. The Labute approximate surface area is 187 Å². The molecular formula is C23H16Cl2N4O2. The van der Waals surface area contributed by atoms with Crippen LogP contribution < -0.4 is 11.0 Å². The predicted octanol–water partition coefficient (Wildman–Crippen LogP) is 4.52. The number of amides is 1. The fourth-order valence-corrected chi connectivity index (χ4v) is 3.59. The van der Waals surface area contributed by atoms with E-state index in [1.54, 1.807) is 42.5 Å². The minimum absolute atomic E-state index is 0.0463. The number of benzene rings is 3. The van der Waals surface area contributed by atoms with Gasteiger partial charge in [-0.05, 0) is 29.8 Å².